The van der Waals surface area contributed by atoms with Crippen LogP contribution in [-0.4, -0.2) is 25.5 Å². The summed E-state index contributed by atoms with van der Waals surface area (Å²) >= 11 is 0. The molecule has 1 aliphatic heterocycles. The van der Waals surface area contributed by atoms with Gasteiger partial charge in [-0.25, -0.2) is 0 Å². The molecule has 1 rings (SSSR count). The Kier molecular flexibility index (Phi) is 2.27. The predicted molar refractivity (Wildman–Crippen MR) is 39.6 cm³/mol. The van der Waals surface area contributed by atoms with Crippen molar-refractivity contribution in [2.24, 2.45) is 5.92 Å². The van der Waals surface area contributed by atoms with E-state index in [0.29, 0.717) is 6.04 Å². The molecule has 10 heavy (non-hydrogen) atoms. The highest BCUT2D eigenvalue weighted by Crippen LogP contribution is 2.12. The molecule has 2 atom stereocenters. The summed E-state index contributed by atoms with van der Waals surface area (Å²) in [4.78, 5) is 11.0. The van der Waals surface area contributed by atoms with Gasteiger partial charge in [0.05, 0.1) is 5.92 Å². The zero-order valence-electron chi connectivity index (χ0n) is 6.48. The van der Waals surface area contributed by atoms with E-state index in [9.17, 15) is 4.79 Å². The van der Waals surface area contributed by atoms with Crippen LogP contribution in [0.25, 0.3) is 0 Å². The van der Waals surface area contributed by atoms with Gasteiger partial charge in [0, 0.05) is 12.6 Å². The van der Waals surface area contributed by atoms with Crippen molar-refractivity contribution in [3.8, 4) is 0 Å². The molecule has 1 unspecified atom stereocenters. The lowest BCUT2D eigenvalue weighted by atomic mass is 10.0. The van der Waals surface area contributed by atoms with Gasteiger partial charge in [-0.3, -0.25) is 4.79 Å². The molecule has 0 spiro atoms. The summed E-state index contributed by atoms with van der Waals surface area (Å²) in [5.74, 6) is 0.381. The molecule has 1 saturated heterocycles. The highest BCUT2D eigenvalue weighted by atomic mass is 16.2. The van der Waals surface area contributed by atoms with Gasteiger partial charge in [0.2, 0.25) is 5.91 Å². The van der Waals surface area contributed by atoms with Crippen LogP contribution in [0.5, 0.6) is 0 Å². The molecule has 3 heteroatoms. The molecule has 58 valence electrons. The van der Waals surface area contributed by atoms with Crippen LogP contribution in [0.2, 0.25) is 0 Å². The Hall–Kier alpha value is -0.570. The van der Waals surface area contributed by atoms with Crippen LogP contribution in [-0.2, 0) is 4.79 Å². The second kappa shape index (κ2) is 3.01. The van der Waals surface area contributed by atoms with Crippen molar-refractivity contribution in [1.29, 1.82) is 0 Å². The molecule has 0 aromatic carbocycles. The normalized spacial score (nSPS) is 28.2. The van der Waals surface area contributed by atoms with Gasteiger partial charge in [0.15, 0.2) is 0 Å². The Morgan fingerprint density at radius 2 is 2.50 bits per heavy atom. The summed E-state index contributed by atoms with van der Waals surface area (Å²) in [5.41, 5.74) is 0. The molecular formula is C7H14N2O. The van der Waals surface area contributed by atoms with Gasteiger partial charge >= 0.3 is 0 Å². The minimum atomic E-state index is 0.185. The predicted octanol–water partition coefficient (Wildman–Crippen LogP) is -0.270. The topological polar surface area (TPSA) is 41.1 Å². The second-order valence-electron chi connectivity index (χ2n) is 2.76. The average Bonchev–Trinajstić information content (AvgIpc) is 2.34. The van der Waals surface area contributed by atoms with E-state index in [1.54, 1.807) is 0 Å². The Morgan fingerprint density at radius 3 is 2.90 bits per heavy atom. The number of carbonyl (C=O) groups excluding carboxylic acids is 1. The number of hydrogen-bond donors (Lipinski definition) is 2. The molecule has 1 aliphatic rings. The van der Waals surface area contributed by atoms with Crippen molar-refractivity contribution >= 4 is 5.91 Å². The Labute approximate surface area is 61.2 Å². The van der Waals surface area contributed by atoms with E-state index in [-0.39, 0.29) is 11.8 Å². The second-order valence-corrected chi connectivity index (χ2v) is 2.76. The number of hydrogen-bond acceptors (Lipinski definition) is 2. The first-order valence-corrected chi connectivity index (χ1v) is 3.70. The third-order valence-electron chi connectivity index (χ3n) is 2.15. The van der Waals surface area contributed by atoms with Gasteiger partial charge in [-0.15, -0.1) is 0 Å². The number of amides is 1. The number of carbonyl (C=O) groups is 1. The maximum atomic E-state index is 11.0. The molecule has 0 bridgehead atoms. The molecule has 0 aliphatic carbocycles. The van der Waals surface area contributed by atoms with E-state index in [1.165, 1.54) is 0 Å². The highest BCUT2D eigenvalue weighted by molar-refractivity contribution is 5.81. The summed E-state index contributed by atoms with van der Waals surface area (Å²) < 4.78 is 0. The maximum absolute atomic E-state index is 11.0. The fraction of sp³-hybridized carbons (Fsp3) is 0.857. The highest BCUT2D eigenvalue weighted by Gasteiger charge is 2.27. The van der Waals surface area contributed by atoms with Crippen LogP contribution in [0.3, 0.4) is 0 Å². The summed E-state index contributed by atoms with van der Waals surface area (Å²) in [6.45, 7) is 2.88. The Balaban J connectivity index is 2.46. The molecule has 0 radical (unpaired) electrons. The minimum absolute atomic E-state index is 0.185. The third-order valence-corrected chi connectivity index (χ3v) is 2.15. The molecular weight excluding hydrogens is 128 g/mol. The summed E-state index contributed by atoms with van der Waals surface area (Å²) in [5, 5.41) is 5.88. The Bertz CT molecular complexity index is 136. The molecule has 0 aromatic heterocycles. The first kappa shape index (κ1) is 7.54. The lowest BCUT2D eigenvalue weighted by Gasteiger charge is -2.14. The van der Waals surface area contributed by atoms with E-state index in [1.807, 2.05) is 14.0 Å². The van der Waals surface area contributed by atoms with Crippen LogP contribution in [0.15, 0.2) is 0 Å². The zero-order valence-corrected chi connectivity index (χ0v) is 6.48. The van der Waals surface area contributed by atoms with Gasteiger partial charge in [-0.2, -0.15) is 0 Å². The van der Waals surface area contributed by atoms with Crippen LogP contribution in [0.4, 0.5) is 0 Å². The third kappa shape index (κ3) is 1.29. The summed E-state index contributed by atoms with van der Waals surface area (Å²) in [7, 11) is 1.89. The van der Waals surface area contributed by atoms with Crippen molar-refractivity contribution in [3.63, 3.8) is 0 Å². The van der Waals surface area contributed by atoms with Gasteiger partial charge < -0.3 is 10.6 Å². The van der Waals surface area contributed by atoms with Gasteiger partial charge in [0.25, 0.3) is 0 Å². The fourth-order valence-electron chi connectivity index (χ4n) is 1.29. The minimum Gasteiger partial charge on any atom is -0.356 e. The van der Waals surface area contributed by atoms with Gasteiger partial charge in [-0.05, 0) is 20.4 Å². The van der Waals surface area contributed by atoms with E-state index in [2.05, 4.69) is 10.6 Å². The molecule has 1 amide bonds. The monoisotopic (exact) mass is 142 g/mol. The molecule has 0 saturated carbocycles. The fourth-order valence-corrected chi connectivity index (χ4v) is 1.29. The zero-order chi connectivity index (χ0) is 7.56. The molecule has 1 heterocycles. The van der Waals surface area contributed by atoms with Crippen LogP contribution < -0.4 is 10.6 Å². The van der Waals surface area contributed by atoms with Gasteiger partial charge in [0.1, 0.15) is 0 Å². The van der Waals surface area contributed by atoms with E-state index in [4.69, 9.17) is 0 Å². The maximum Gasteiger partial charge on any atom is 0.224 e. The van der Waals surface area contributed by atoms with Crippen molar-refractivity contribution in [3.05, 3.63) is 0 Å². The molecule has 1 fully saturated rings. The first-order valence-electron chi connectivity index (χ1n) is 3.70. The molecule has 0 aromatic rings. The van der Waals surface area contributed by atoms with Crippen molar-refractivity contribution in [2.45, 2.75) is 19.4 Å². The summed E-state index contributed by atoms with van der Waals surface area (Å²) in [6, 6.07) is 0.308. The van der Waals surface area contributed by atoms with Crippen molar-refractivity contribution < 1.29 is 4.79 Å². The average molecular weight is 142 g/mol. The van der Waals surface area contributed by atoms with E-state index < -0.39 is 0 Å². The van der Waals surface area contributed by atoms with E-state index in [0.717, 1.165) is 13.0 Å². The lowest BCUT2D eigenvalue weighted by molar-refractivity contribution is -0.123. The van der Waals surface area contributed by atoms with Gasteiger partial charge in [-0.1, -0.05) is 0 Å². The largest absolute Gasteiger partial charge is 0.356 e. The number of rotatable bonds is 2. The molecule has 3 nitrogen and oxygen atoms in total. The standard InChI is InChI=1S/C7H14N2O/c1-5(8-2)6-3-4-9-7(6)10/h5-6,8H,3-4H2,1-2H3,(H,9,10)/t5?,6-/m0/s1. The van der Waals surface area contributed by atoms with Crippen molar-refractivity contribution in [1.82, 2.24) is 10.6 Å². The smallest absolute Gasteiger partial charge is 0.224 e. The summed E-state index contributed by atoms with van der Waals surface area (Å²) in [6.07, 6.45) is 0.973. The first-order chi connectivity index (χ1) is 4.75. The lowest BCUT2D eigenvalue weighted by Crippen LogP contribution is -2.35. The van der Waals surface area contributed by atoms with Crippen LogP contribution in [0.1, 0.15) is 13.3 Å². The quantitative estimate of drug-likeness (QED) is 0.557. The Morgan fingerprint density at radius 1 is 1.80 bits per heavy atom. The molecule has 2 N–H and O–H groups in total. The number of nitrogens with one attached hydrogen (secondary N) is 2. The van der Waals surface area contributed by atoms with Crippen molar-refractivity contribution in [2.75, 3.05) is 13.6 Å². The SMILES string of the molecule is CNC(C)[C@@H]1CCNC1=O. The van der Waals surface area contributed by atoms with Crippen LogP contribution >= 0.6 is 0 Å². The van der Waals surface area contributed by atoms with E-state index >= 15 is 0 Å². The van der Waals surface area contributed by atoms with Crippen LogP contribution in [0, 0.1) is 5.92 Å².